The van der Waals surface area contributed by atoms with Gasteiger partial charge >= 0.3 is 5.97 Å². The molecule has 2 aromatic carbocycles. The van der Waals surface area contributed by atoms with E-state index in [4.69, 9.17) is 4.74 Å². The number of rotatable bonds is 4. The van der Waals surface area contributed by atoms with Gasteiger partial charge in [-0.1, -0.05) is 24.3 Å². The zero-order valence-electron chi connectivity index (χ0n) is 14.6. The molecule has 1 aromatic heterocycles. The van der Waals surface area contributed by atoms with E-state index in [9.17, 15) is 15.3 Å². The Hall–Kier alpha value is -3.57. The lowest BCUT2D eigenvalue weighted by Crippen LogP contribution is -2.08. The Morgan fingerprint density at radius 1 is 1.04 bits per heavy atom. The van der Waals surface area contributed by atoms with Crippen molar-refractivity contribution in [3.05, 3.63) is 53.6 Å². The summed E-state index contributed by atoms with van der Waals surface area (Å²) >= 11 is 0. The number of aryl methyl sites for hydroxylation is 1. The fraction of sp³-hybridized carbons (Fsp3) is 0.190. The molecule has 0 atom stereocenters. The van der Waals surface area contributed by atoms with Crippen LogP contribution in [-0.4, -0.2) is 17.1 Å². The number of para-hydroxylation sites is 1. The van der Waals surface area contributed by atoms with E-state index in [-0.39, 0.29) is 17.8 Å². The van der Waals surface area contributed by atoms with Crippen molar-refractivity contribution in [2.75, 3.05) is 6.61 Å². The van der Waals surface area contributed by atoms with Gasteiger partial charge in [-0.25, -0.2) is 4.79 Å². The number of aromatic nitrogens is 1. The number of allylic oxidation sites excluding steroid dienone is 1. The highest BCUT2D eigenvalue weighted by molar-refractivity contribution is 6.11. The lowest BCUT2D eigenvalue weighted by Gasteiger charge is -2.06. The van der Waals surface area contributed by atoms with Crippen molar-refractivity contribution in [3.8, 4) is 12.1 Å². The highest BCUT2D eigenvalue weighted by Crippen LogP contribution is 2.32. The minimum atomic E-state index is -0.775. The quantitative estimate of drug-likeness (QED) is 0.404. The van der Waals surface area contributed by atoms with Crippen molar-refractivity contribution in [1.29, 1.82) is 10.5 Å². The molecule has 0 saturated carbocycles. The van der Waals surface area contributed by atoms with Crippen molar-refractivity contribution in [2.24, 2.45) is 0 Å². The van der Waals surface area contributed by atoms with Gasteiger partial charge in [0.25, 0.3) is 0 Å². The van der Waals surface area contributed by atoms with E-state index in [0.29, 0.717) is 5.56 Å². The highest BCUT2D eigenvalue weighted by atomic mass is 16.5. The zero-order chi connectivity index (χ0) is 18.7. The molecular formula is C21H17N3O2. The van der Waals surface area contributed by atoms with Gasteiger partial charge in [0.2, 0.25) is 0 Å². The molecule has 128 valence electrons. The first kappa shape index (κ1) is 17.3. The molecule has 3 aromatic rings. The maximum atomic E-state index is 12.0. The minimum Gasteiger partial charge on any atom is -0.462 e. The SMILES string of the molecule is CCOC(=O)C(C#N)=C(C#N)c1ccc2c(c1)c1ccccc1n2CC. The van der Waals surface area contributed by atoms with Gasteiger partial charge in [-0.15, -0.1) is 0 Å². The van der Waals surface area contributed by atoms with Gasteiger partial charge in [0.15, 0.2) is 5.57 Å². The maximum Gasteiger partial charge on any atom is 0.350 e. The van der Waals surface area contributed by atoms with Crippen molar-refractivity contribution in [1.82, 2.24) is 4.57 Å². The number of ether oxygens (including phenoxy) is 1. The van der Waals surface area contributed by atoms with Crippen LogP contribution in [0.15, 0.2) is 48.0 Å². The maximum absolute atomic E-state index is 12.0. The molecule has 0 bridgehead atoms. The van der Waals surface area contributed by atoms with Crippen LogP contribution in [0.3, 0.4) is 0 Å². The molecule has 5 heteroatoms. The average molecular weight is 343 g/mol. The van der Waals surface area contributed by atoms with Gasteiger partial charge in [-0.05, 0) is 37.6 Å². The fourth-order valence-corrected chi connectivity index (χ4v) is 3.22. The van der Waals surface area contributed by atoms with Crippen LogP contribution >= 0.6 is 0 Å². The molecule has 1 heterocycles. The predicted molar refractivity (Wildman–Crippen MR) is 99.9 cm³/mol. The van der Waals surface area contributed by atoms with E-state index < -0.39 is 5.97 Å². The van der Waals surface area contributed by atoms with Crippen LogP contribution in [-0.2, 0) is 16.1 Å². The van der Waals surface area contributed by atoms with Gasteiger partial charge in [0, 0.05) is 28.4 Å². The number of nitriles is 2. The fourth-order valence-electron chi connectivity index (χ4n) is 3.22. The summed E-state index contributed by atoms with van der Waals surface area (Å²) in [5.74, 6) is -0.775. The van der Waals surface area contributed by atoms with Gasteiger partial charge in [0.1, 0.15) is 12.1 Å². The number of hydrogen-bond donors (Lipinski definition) is 0. The average Bonchev–Trinajstić information content (AvgIpc) is 2.99. The highest BCUT2D eigenvalue weighted by Gasteiger charge is 2.19. The molecule has 26 heavy (non-hydrogen) atoms. The number of esters is 1. The number of benzene rings is 2. The molecule has 0 aliphatic carbocycles. The Bertz CT molecular complexity index is 1120. The molecule has 0 N–H and O–H groups in total. The van der Waals surface area contributed by atoms with Crippen LogP contribution in [0, 0.1) is 22.7 Å². The van der Waals surface area contributed by atoms with Crippen molar-refractivity contribution in [2.45, 2.75) is 20.4 Å². The van der Waals surface area contributed by atoms with Crippen LogP contribution in [0.2, 0.25) is 0 Å². The molecule has 0 fully saturated rings. The summed E-state index contributed by atoms with van der Waals surface area (Å²) in [5.41, 5.74) is 2.44. The van der Waals surface area contributed by atoms with Gasteiger partial charge in [-0.3, -0.25) is 0 Å². The first-order valence-corrected chi connectivity index (χ1v) is 8.39. The number of carbonyl (C=O) groups is 1. The summed E-state index contributed by atoms with van der Waals surface area (Å²) in [7, 11) is 0. The van der Waals surface area contributed by atoms with Gasteiger partial charge in [0.05, 0.1) is 12.2 Å². The summed E-state index contributed by atoms with van der Waals surface area (Å²) in [6.07, 6.45) is 0. The molecule has 0 unspecified atom stereocenters. The standard InChI is InChI=1S/C21H17N3O2/c1-3-24-19-8-6-5-7-15(19)16-11-14(9-10-20(16)24)17(12-22)18(13-23)21(25)26-4-2/h5-11H,3-4H2,1-2H3. The van der Waals surface area contributed by atoms with Crippen molar-refractivity contribution >= 4 is 33.3 Å². The van der Waals surface area contributed by atoms with Crippen molar-refractivity contribution in [3.63, 3.8) is 0 Å². The molecule has 0 saturated heterocycles. The van der Waals surface area contributed by atoms with Gasteiger partial charge < -0.3 is 9.30 Å². The number of carbonyl (C=O) groups excluding carboxylic acids is 1. The topological polar surface area (TPSA) is 78.8 Å². The second-order valence-electron chi connectivity index (χ2n) is 5.69. The summed E-state index contributed by atoms with van der Waals surface area (Å²) < 4.78 is 7.10. The third-order valence-corrected chi connectivity index (χ3v) is 4.33. The lowest BCUT2D eigenvalue weighted by molar-refractivity contribution is -0.137. The Morgan fingerprint density at radius 3 is 2.42 bits per heavy atom. The Kier molecular flexibility index (Phi) is 4.73. The molecule has 0 spiro atoms. The normalized spacial score (nSPS) is 11.7. The van der Waals surface area contributed by atoms with E-state index in [1.165, 1.54) is 0 Å². The zero-order valence-corrected chi connectivity index (χ0v) is 14.6. The molecular weight excluding hydrogens is 326 g/mol. The predicted octanol–water partition coefficient (Wildman–Crippen LogP) is 4.18. The van der Waals surface area contributed by atoms with E-state index in [0.717, 1.165) is 28.4 Å². The largest absolute Gasteiger partial charge is 0.462 e. The van der Waals surface area contributed by atoms with E-state index in [1.807, 2.05) is 42.5 Å². The number of fused-ring (bicyclic) bond motifs is 3. The van der Waals surface area contributed by atoms with Crippen LogP contribution in [0.5, 0.6) is 0 Å². The first-order valence-electron chi connectivity index (χ1n) is 8.39. The molecule has 5 nitrogen and oxygen atoms in total. The number of hydrogen-bond acceptors (Lipinski definition) is 4. The van der Waals surface area contributed by atoms with E-state index >= 15 is 0 Å². The molecule has 0 radical (unpaired) electrons. The van der Waals surface area contributed by atoms with Crippen LogP contribution < -0.4 is 0 Å². The summed E-state index contributed by atoms with van der Waals surface area (Å²) in [6.45, 7) is 4.70. The first-order chi connectivity index (χ1) is 12.7. The third-order valence-electron chi connectivity index (χ3n) is 4.33. The Morgan fingerprint density at radius 2 is 1.77 bits per heavy atom. The minimum absolute atomic E-state index is 0.0289. The van der Waals surface area contributed by atoms with Crippen LogP contribution in [0.25, 0.3) is 27.4 Å². The second kappa shape index (κ2) is 7.13. The Balaban J connectivity index is 2.29. The van der Waals surface area contributed by atoms with E-state index in [1.54, 1.807) is 13.0 Å². The van der Waals surface area contributed by atoms with Crippen LogP contribution in [0.4, 0.5) is 0 Å². The molecule has 0 aliphatic rings. The van der Waals surface area contributed by atoms with Crippen molar-refractivity contribution < 1.29 is 9.53 Å². The van der Waals surface area contributed by atoms with Gasteiger partial charge in [-0.2, -0.15) is 10.5 Å². The molecule has 0 amide bonds. The van der Waals surface area contributed by atoms with Crippen LogP contribution in [0.1, 0.15) is 19.4 Å². The lowest BCUT2D eigenvalue weighted by atomic mass is 9.99. The Labute approximate surface area is 151 Å². The smallest absolute Gasteiger partial charge is 0.350 e. The summed E-state index contributed by atoms with van der Waals surface area (Å²) in [6, 6.07) is 17.4. The third kappa shape index (κ3) is 2.70. The molecule has 3 rings (SSSR count). The number of nitrogens with zero attached hydrogens (tertiary/aromatic N) is 3. The summed E-state index contributed by atoms with van der Waals surface area (Å²) in [4.78, 5) is 12.0. The second-order valence-corrected chi connectivity index (χ2v) is 5.69. The monoisotopic (exact) mass is 343 g/mol. The molecule has 0 aliphatic heterocycles. The van der Waals surface area contributed by atoms with E-state index in [2.05, 4.69) is 17.6 Å². The summed E-state index contributed by atoms with van der Waals surface area (Å²) in [5, 5.41) is 21.0.